The van der Waals surface area contributed by atoms with E-state index in [2.05, 4.69) is 63.9 Å². The number of pyridine rings is 1. The fraction of sp³-hybridized carbons (Fsp3) is 0.706. The normalized spacial score (nSPS) is 11.4. The molecule has 3 heteroatoms. The average Bonchev–Trinajstić information content (AvgIpc) is 2.33. The third-order valence-electron chi connectivity index (χ3n) is 3.07. The zero-order valence-corrected chi connectivity index (χ0v) is 14.0. The van der Waals surface area contributed by atoms with E-state index in [1.165, 1.54) is 5.56 Å². The van der Waals surface area contributed by atoms with Gasteiger partial charge < -0.3 is 10.2 Å². The van der Waals surface area contributed by atoms with Gasteiger partial charge in [0.05, 0.1) is 0 Å². The second-order valence-corrected chi connectivity index (χ2v) is 6.45. The van der Waals surface area contributed by atoms with Gasteiger partial charge in [0.25, 0.3) is 0 Å². The fourth-order valence-electron chi connectivity index (χ4n) is 2.40. The van der Waals surface area contributed by atoms with Gasteiger partial charge in [0, 0.05) is 25.3 Å². The lowest BCUT2D eigenvalue weighted by atomic mass is 10.1. The van der Waals surface area contributed by atoms with Crippen LogP contribution in [0.4, 0.5) is 5.82 Å². The lowest BCUT2D eigenvalue weighted by Gasteiger charge is -2.28. The number of anilines is 1. The maximum absolute atomic E-state index is 4.75. The Bertz CT molecular complexity index is 389. The molecule has 0 saturated heterocycles. The summed E-state index contributed by atoms with van der Waals surface area (Å²) in [7, 11) is 0. The molecular weight excluding hydrogens is 246 g/mol. The van der Waals surface area contributed by atoms with Gasteiger partial charge in [-0.2, -0.15) is 0 Å². The van der Waals surface area contributed by atoms with Crippen molar-refractivity contribution in [3.8, 4) is 0 Å². The zero-order valence-electron chi connectivity index (χ0n) is 14.0. The first-order chi connectivity index (χ1) is 9.42. The van der Waals surface area contributed by atoms with Gasteiger partial charge in [0.2, 0.25) is 0 Å². The second kappa shape index (κ2) is 8.25. The van der Waals surface area contributed by atoms with Crippen LogP contribution in [0.3, 0.4) is 0 Å². The van der Waals surface area contributed by atoms with Crippen LogP contribution in [0.5, 0.6) is 0 Å². The van der Waals surface area contributed by atoms with E-state index in [9.17, 15) is 0 Å². The van der Waals surface area contributed by atoms with Crippen LogP contribution in [0.15, 0.2) is 12.1 Å². The van der Waals surface area contributed by atoms with Gasteiger partial charge in [0.15, 0.2) is 0 Å². The number of rotatable bonds is 8. The number of hydrogen-bond acceptors (Lipinski definition) is 3. The van der Waals surface area contributed by atoms with E-state index in [0.717, 1.165) is 37.7 Å². The quantitative estimate of drug-likeness (QED) is 0.786. The number of aryl methyl sites for hydroxylation is 1. The molecular formula is C17H31N3. The molecule has 1 aromatic rings. The maximum Gasteiger partial charge on any atom is 0.129 e. The summed E-state index contributed by atoms with van der Waals surface area (Å²) in [6.45, 7) is 17.3. The second-order valence-electron chi connectivity index (χ2n) is 6.45. The highest BCUT2D eigenvalue weighted by atomic mass is 15.2. The minimum atomic E-state index is 0.647. The van der Waals surface area contributed by atoms with Crippen molar-refractivity contribution in [2.45, 2.75) is 48.1 Å². The summed E-state index contributed by atoms with van der Waals surface area (Å²) in [5.41, 5.74) is 2.43. The third kappa shape index (κ3) is 5.91. The van der Waals surface area contributed by atoms with Crippen molar-refractivity contribution in [1.29, 1.82) is 0 Å². The molecule has 0 bridgehead atoms. The Kier molecular flexibility index (Phi) is 7.00. The Morgan fingerprint density at radius 3 is 2.20 bits per heavy atom. The highest BCUT2D eigenvalue weighted by Gasteiger charge is 2.13. The molecule has 1 N–H and O–H groups in total. The lowest BCUT2D eigenvalue weighted by Crippen LogP contribution is -2.32. The minimum absolute atomic E-state index is 0.647. The molecule has 0 radical (unpaired) electrons. The summed E-state index contributed by atoms with van der Waals surface area (Å²) >= 11 is 0. The van der Waals surface area contributed by atoms with Gasteiger partial charge in [0.1, 0.15) is 5.82 Å². The first kappa shape index (κ1) is 17.0. The highest BCUT2D eigenvalue weighted by Crippen LogP contribution is 2.18. The predicted molar refractivity (Wildman–Crippen MR) is 88.2 cm³/mol. The SMILES string of the molecule is CCNCc1cc(C)nc(N(CC(C)C)CC(C)C)c1. The third-order valence-corrected chi connectivity index (χ3v) is 3.07. The summed E-state index contributed by atoms with van der Waals surface area (Å²) in [4.78, 5) is 7.17. The molecule has 20 heavy (non-hydrogen) atoms. The van der Waals surface area contributed by atoms with Crippen LogP contribution in [0.1, 0.15) is 45.9 Å². The molecule has 0 aliphatic carbocycles. The molecule has 3 nitrogen and oxygen atoms in total. The number of aromatic nitrogens is 1. The van der Waals surface area contributed by atoms with Crippen LogP contribution in [0.2, 0.25) is 0 Å². The van der Waals surface area contributed by atoms with Crippen LogP contribution >= 0.6 is 0 Å². The van der Waals surface area contributed by atoms with Crippen molar-refractivity contribution >= 4 is 5.82 Å². The van der Waals surface area contributed by atoms with E-state index in [0.29, 0.717) is 11.8 Å². The smallest absolute Gasteiger partial charge is 0.129 e. The monoisotopic (exact) mass is 277 g/mol. The Morgan fingerprint density at radius 2 is 1.70 bits per heavy atom. The maximum atomic E-state index is 4.75. The highest BCUT2D eigenvalue weighted by molar-refractivity contribution is 5.42. The van der Waals surface area contributed by atoms with Crippen molar-refractivity contribution in [3.63, 3.8) is 0 Å². The van der Waals surface area contributed by atoms with Crippen LogP contribution < -0.4 is 10.2 Å². The van der Waals surface area contributed by atoms with E-state index in [-0.39, 0.29) is 0 Å². The lowest BCUT2D eigenvalue weighted by molar-refractivity contribution is 0.548. The summed E-state index contributed by atoms with van der Waals surface area (Å²) in [5, 5.41) is 3.39. The predicted octanol–water partition coefficient (Wildman–Crippen LogP) is 3.62. The fourth-order valence-corrected chi connectivity index (χ4v) is 2.40. The van der Waals surface area contributed by atoms with Crippen LogP contribution in [-0.2, 0) is 6.54 Å². The summed E-state index contributed by atoms with van der Waals surface area (Å²) in [5.74, 6) is 2.42. The van der Waals surface area contributed by atoms with Crippen molar-refractivity contribution in [2.75, 3.05) is 24.5 Å². The first-order valence-electron chi connectivity index (χ1n) is 7.85. The molecule has 0 aliphatic heterocycles. The largest absolute Gasteiger partial charge is 0.356 e. The van der Waals surface area contributed by atoms with Crippen LogP contribution in [0.25, 0.3) is 0 Å². The minimum Gasteiger partial charge on any atom is -0.356 e. The molecule has 0 fully saturated rings. The summed E-state index contributed by atoms with van der Waals surface area (Å²) in [6.07, 6.45) is 0. The summed E-state index contributed by atoms with van der Waals surface area (Å²) in [6, 6.07) is 4.41. The van der Waals surface area contributed by atoms with E-state index in [1.54, 1.807) is 0 Å². The first-order valence-corrected chi connectivity index (χ1v) is 7.85. The van der Waals surface area contributed by atoms with Gasteiger partial charge in [-0.25, -0.2) is 4.98 Å². The Balaban J connectivity index is 2.95. The van der Waals surface area contributed by atoms with E-state index < -0.39 is 0 Å². The van der Waals surface area contributed by atoms with Gasteiger partial charge >= 0.3 is 0 Å². The van der Waals surface area contributed by atoms with Gasteiger partial charge in [-0.15, -0.1) is 0 Å². The van der Waals surface area contributed by atoms with Gasteiger partial charge in [-0.05, 0) is 43.0 Å². The molecule has 0 aromatic carbocycles. The van der Waals surface area contributed by atoms with E-state index in [1.807, 2.05) is 0 Å². The van der Waals surface area contributed by atoms with Crippen molar-refractivity contribution in [1.82, 2.24) is 10.3 Å². The van der Waals surface area contributed by atoms with Crippen molar-refractivity contribution in [3.05, 3.63) is 23.4 Å². The van der Waals surface area contributed by atoms with Gasteiger partial charge in [-0.3, -0.25) is 0 Å². The van der Waals surface area contributed by atoms with Gasteiger partial charge in [-0.1, -0.05) is 34.6 Å². The number of hydrogen-bond donors (Lipinski definition) is 1. The molecule has 0 aliphatic rings. The van der Waals surface area contributed by atoms with Crippen molar-refractivity contribution in [2.24, 2.45) is 11.8 Å². The van der Waals surface area contributed by atoms with Crippen LogP contribution in [0, 0.1) is 18.8 Å². The average molecular weight is 277 g/mol. The molecule has 0 amide bonds. The molecule has 0 saturated carbocycles. The molecule has 0 atom stereocenters. The Morgan fingerprint density at radius 1 is 1.10 bits per heavy atom. The zero-order chi connectivity index (χ0) is 15.1. The standard InChI is InChI=1S/C17H31N3/c1-7-18-10-16-8-15(6)19-17(9-16)20(11-13(2)3)12-14(4)5/h8-9,13-14,18H,7,10-12H2,1-6H3. The molecule has 0 spiro atoms. The molecule has 1 rings (SSSR count). The number of nitrogens with zero attached hydrogens (tertiary/aromatic N) is 2. The summed E-state index contributed by atoms with van der Waals surface area (Å²) < 4.78 is 0. The Labute approximate surface area is 124 Å². The molecule has 114 valence electrons. The topological polar surface area (TPSA) is 28.2 Å². The Hall–Kier alpha value is -1.09. The van der Waals surface area contributed by atoms with Crippen LogP contribution in [-0.4, -0.2) is 24.6 Å². The van der Waals surface area contributed by atoms with E-state index >= 15 is 0 Å². The van der Waals surface area contributed by atoms with E-state index in [4.69, 9.17) is 4.98 Å². The molecule has 1 heterocycles. The van der Waals surface area contributed by atoms with Crippen molar-refractivity contribution < 1.29 is 0 Å². The number of nitrogens with one attached hydrogen (secondary N) is 1. The molecule has 0 unspecified atom stereocenters. The molecule has 1 aromatic heterocycles.